The van der Waals surface area contributed by atoms with E-state index in [0.29, 0.717) is 30.8 Å². The number of aromatic nitrogens is 1. The highest BCUT2D eigenvalue weighted by atomic mass is 19.4. The average molecular weight is 303 g/mol. The van der Waals surface area contributed by atoms with Crippen molar-refractivity contribution in [3.05, 3.63) is 24.0 Å². The Labute approximate surface area is 122 Å². The molecule has 0 saturated heterocycles. The highest BCUT2D eigenvalue weighted by Gasteiger charge is 2.47. The molecule has 1 aromatic heterocycles. The van der Waals surface area contributed by atoms with Gasteiger partial charge in [-0.3, -0.25) is 4.98 Å². The molecule has 21 heavy (non-hydrogen) atoms. The van der Waals surface area contributed by atoms with E-state index in [1.165, 1.54) is 12.4 Å². The lowest BCUT2D eigenvalue weighted by atomic mass is 9.74. The summed E-state index contributed by atoms with van der Waals surface area (Å²) in [5, 5.41) is 10.6. The summed E-state index contributed by atoms with van der Waals surface area (Å²) in [6.45, 7) is 2.47. The summed E-state index contributed by atoms with van der Waals surface area (Å²) in [6, 6.07) is 1.60. The molecule has 0 radical (unpaired) electrons. The van der Waals surface area contributed by atoms with Crippen LogP contribution < -0.4 is 4.74 Å². The predicted octanol–water partition coefficient (Wildman–Crippen LogP) is 3.81. The van der Waals surface area contributed by atoms with Crippen LogP contribution in [0.3, 0.4) is 0 Å². The first-order valence-electron chi connectivity index (χ1n) is 7.22. The SMILES string of the molecule is CCCOc1cncc(C2(O)CCCC(C(F)(F)F)C2)c1. The second-order valence-electron chi connectivity index (χ2n) is 5.62. The molecule has 1 fully saturated rings. The van der Waals surface area contributed by atoms with Crippen LogP contribution in [-0.2, 0) is 5.60 Å². The lowest BCUT2D eigenvalue weighted by Gasteiger charge is -2.37. The molecule has 1 saturated carbocycles. The summed E-state index contributed by atoms with van der Waals surface area (Å²) in [6.07, 6.45) is -0.0766. The standard InChI is InChI=1S/C15H20F3NO2/c1-2-6-21-13-7-12(9-19-10-13)14(20)5-3-4-11(8-14)15(16,17)18/h7,9-11,20H,2-6,8H2,1H3. The van der Waals surface area contributed by atoms with Crippen molar-refractivity contribution in [2.45, 2.75) is 50.8 Å². The minimum Gasteiger partial charge on any atom is -0.492 e. The molecule has 3 nitrogen and oxygen atoms in total. The van der Waals surface area contributed by atoms with Crippen LogP contribution in [0, 0.1) is 5.92 Å². The van der Waals surface area contributed by atoms with Crippen LogP contribution in [0.15, 0.2) is 18.5 Å². The summed E-state index contributed by atoms with van der Waals surface area (Å²) >= 11 is 0. The van der Waals surface area contributed by atoms with Crippen LogP contribution in [0.4, 0.5) is 13.2 Å². The first-order chi connectivity index (χ1) is 9.85. The predicted molar refractivity (Wildman–Crippen MR) is 71.9 cm³/mol. The van der Waals surface area contributed by atoms with E-state index < -0.39 is 17.7 Å². The van der Waals surface area contributed by atoms with Crippen molar-refractivity contribution >= 4 is 0 Å². The van der Waals surface area contributed by atoms with Gasteiger partial charge in [-0.15, -0.1) is 0 Å². The van der Waals surface area contributed by atoms with Gasteiger partial charge in [-0.2, -0.15) is 13.2 Å². The second-order valence-corrected chi connectivity index (χ2v) is 5.62. The summed E-state index contributed by atoms with van der Waals surface area (Å²) in [4.78, 5) is 3.98. The maximum atomic E-state index is 12.9. The molecule has 0 aromatic carbocycles. The van der Waals surface area contributed by atoms with E-state index in [1.807, 2.05) is 6.92 Å². The Bertz CT molecular complexity index is 478. The first kappa shape index (κ1) is 16.1. The van der Waals surface area contributed by atoms with Crippen LogP contribution in [0.5, 0.6) is 5.75 Å². The van der Waals surface area contributed by atoms with Gasteiger partial charge in [-0.05, 0) is 38.2 Å². The van der Waals surface area contributed by atoms with Gasteiger partial charge in [0.25, 0.3) is 0 Å². The number of pyridine rings is 1. The van der Waals surface area contributed by atoms with E-state index in [9.17, 15) is 18.3 Å². The van der Waals surface area contributed by atoms with Crippen LogP contribution >= 0.6 is 0 Å². The van der Waals surface area contributed by atoms with E-state index in [0.717, 1.165) is 6.42 Å². The number of ether oxygens (including phenoxy) is 1. The van der Waals surface area contributed by atoms with Gasteiger partial charge < -0.3 is 9.84 Å². The number of alkyl halides is 3. The zero-order chi connectivity index (χ0) is 15.5. The summed E-state index contributed by atoms with van der Waals surface area (Å²) in [7, 11) is 0. The van der Waals surface area contributed by atoms with E-state index >= 15 is 0 Å². The maximum absolute atomic E-state index is 12.9. The van der Waals surface area contributed by atoms with Crippen molar-refractivity contribution in [3.8, 4) is 5.75 Å². The molecule has 118 valence electrons. The Morgan fingerprint density at radius 3 is 2.86 bits per heavy atom. The van der Waals surface area contributed by atoms with Crippen molar-refractivity contribution < 1.29 is 23.0 Å². The number of nitrogens with zero attached hydrogens (tertiary/aromatic N) is 1. The van der Waals surface area contributed by atoms with Gasteiger partial charge in [0.15, 0.2) is 0 Å². The van der Waals surface area contributed by atoms with E-state index in [-0.39, 0.29) is 12.8 Å². The monoisotopic (exact) mass is 303 g/mol. The fraction of sp³-hybridized carbons (Fsp3) is 0.667. The van der Waals surface area contributed by atoms with Gasteiger partial charge in [0.05, 0.1) is 24.3 Å². The molecule has 0 bridgehead atoms. The molecule has 2 rings (SSSR count). The first-order valence-corrected chi connectivity index (χ1v) is 7.22. The molecule has 2 unspecified atom stereocenters. The van der Waals surface area contributed by atoms with Gasteiger partial charge in [-0.25, -0.2) is 0 Å². The van der Waals surface area contributed by atoms with Gasteiger partial charge in [0.1, 0.15) is 5.75 Å². The Morgan fingerprint density at radius 2 is 2.19 bits per heavy atom. The van der Waals surface area contributed by atoms with Gasteiger partial charge in [0, 0.05) is 11.8 Å². The maximum Gasteiger partial charge on any atom is 0.391 e. The third-order valence-corrected chi connectivity index (χ3v) is 3.91. The molecule has 6 heteroatoms. The summed E-state index contributed by atoms with van der Waals surface area (Å²) in [5.74, 6) is -0.978. The van der Waals surface area contributed by atoms with Crippen LogP contribution in [0.25, 0.3) is 0 Å². The van der Waals surface area contributed by atoms with Crippen molar-refractivity contribution in [3.63, 3.8) is 0 Å². The zero-order valence-corrected chi connectivity index (χ0v) is 12.0. The second kappa shape index (κ2) is 6.22. The van der Waals surface area contributed by atoms with Crippen molar-refractivity contribution in [1.82, 2.24) is 4.98 Å². The van der Waals surface area contributed by atoms with Crippen LogP contribution in [0.1, 0.15) is 44.6 Å². The Hall–Kier alpha value is -1.30. The van der Waals surface area contributed by atoms with Gasteiger partial charge in [-0.1, -0.05) is 6.92 Å². The van der Waals surface area contributed by atoms with E-state index in [4.69, 9.17) is 4.74 Å². The minimum atomic E-state index is -4.27. The van der Waals surface area contributed by atoms with Crippen molar-refractivity contribution in [2.75, 3.05) is 6.61 Å². The highest BCUT2D eigenvalue weighted by Crippen LogP contribution is 2.46. The van der Waals surface area contributed by atoms with Gasteiger partial charge >= 0.3 is 6.18 Å². The fourth-order valence-corrected chi connectivity index (χ4v) is 2.77. The summed E-state index contributed by atoms with van der Waals surface area (Å²) < 4.78 is 44.1. The van der Waals surface area contributed by atoms with Crippen molar-refractivity contribution in [2.24, 2.45) is 5.92 Å². The van der Waals surface area contributed by atoms with Gasteiger partial charge in [0.2, 0.25) is 0 Å². The Morgan fingerprint density at radius 1 is 1.43 bits per heavy atom. The molecular formula is C15H20F3NO2. The third kappa shape index (κ3) is 3.87. The fourth-order valence-electron chi connectivity index (χ4n) is 2.77. The number of hydrogen-bond donors (Lipinski definition) is 1. The lowest BCUT2D eigenvalue weighted by Crippen LogP contribution is -2.38. The minimum absolute atomic E-state index is 0.0747. The highest BCUT2D eigenvalue weighted by molar-refractivity contribution is 5.28. The van der Waals surface area contributed by atoms with E-state index in [2.05, 4.69) is 4.98 Å². The Kier molecular flexibility index (Phi) is 4.76. The molecule has 1 N–H and O–H groups in total. The number of rotatable bonds is 4. The van der Waals surface area contributed by atoms with Crippen molar-refractivity contribution in [1.29, 1.82) is 0 Å². The molecule has 1 aromatic rings. The number of halogens is 3. The average Bonchev–Trinajstić information content (AvgIpc) is 2.44. The topological polar surface area (TPSA) is 42.4 Å². The summed E-state index contributed by atoms with van der Waals surface area (Å²) in [5.41, 5.74) is -1.07. The molecule has 0 amide bonds. The quantitative estimate of drug-likeness (QED) is 0.919. The molecule has 2 atom stereocenters. The largest absolute Gasteiger partial charge is 0.492 e. The molecule has 0 aliphatic heterocycles. The molecule has 0 spiro atoms. The Balaban J connectivity index is 2.19. The molecule has 1 heterocycles. The molecular weight excluding hydrogens is 283 g/mol. The smallest absolute Gasteiger partial charge is 0.391 e. The lowest BCUT2D eigenvalue weighted by molar-refractivity contribution is -0.201. The van der Waals surface area contributed by atoms with Crippen LogP contribution in [-0.4, -0.2) is 22.9 Å². The number of aliphatic hydroxyl groups is 1. The molecule has 1 aliphatic rings. The van der Waals surface area contributed by atoms with Crippen LogP contribution in [0.2, 0.25) is 0 Å². The third-order valence-electron chi connectivity index (χ3n) is 3.91. The number of hydrogen-bond acceptors (Lipinski definition) is 3. The van der Waals surface area contributed by atoms with E-state index in [1.54, 1.807) is 6.07 Å². The molecule has 1 aliphatic carbocycles. The zero-order valence-electron chi connectivity index (χ0n) is 12.0. The normalized spacial score (nSPS) is 26.6.